The third-order valence-corrected chi connectivity index (χ3v) is 8.61. The second kappa shape index (κ2) is 15.4. The number of carboxylic acid groups (broad SMARTS) is 1. The number of halogens is 1. The largest absolute Gasteiger partial charge is 0.496 e. The standard InChI is InChI=1S/C28H33FN4O8S2/c1-19-23(40-2)14-21(15-24(19)41-3)28(37)32(12-7-10-20-8-5-4-6-9-20)16-25-30-22(18-42-25)27(36)31-43(38,39)33(13-11-29)17-26(34)35/h4-6,8-9,14-15,18H,7,10-13,16-17H2,1-3H3,(H,31,36)(H,34,35). The Labute approximate surface area is 253 Å². The normalized spacial score (nSPS) is 11.3. The fraction of sp³-hybridized carbons (Fsp3) is 0.357. The van der Waals surface area contributed by atoms with Crippen LogP contribution in [-0.2, 0) is 28.0 Å². The van der Waals surface area contributed by atoms with Gasteiger partial charge in [0, 0.05) is 29.6 Å². The highest BCUT2D eigenvalue weighted by atomic mass is 32.2. The predicted molar refractivity (Wildman–Crippen MR) is 157 cm³/mol. The van der Waals surface area contributed by atoms with Gasteiger partial charge in [0.15, 0.2) is 0 Å². The highest BCUT2D eigenvalue weighted by molar-refractivity contribution is 7.87. The number of nitrogens with zero attached hydrogens (tertiary/aromatic N) is 3. The highest BCUT2D eigenvalue weighted by Gasteiger charge is 2.28. The first kappa shape index (κ1) is 33.4. The van der Waals surface area contributed by atoms with Crippen molar-refractivity contribution in [2.24, 2.45) is 0 Å². The Morgan fingerprint density at radius 1 is 1.07 bits per heavy atom. The van der Waals surface area contributed by atoms with E-state index in [9.17, 15) is 27.2 Å². The summed E-state index contributed by atoms with van der Waals surface area (Å²) in [6, 6.07) is 13.0. The molecule has 12 nitrogen and oxygen atoms in total. The number of carbonyl (C=O) groups is 3. The van der Waals surface area contributed by atoms with Gasteiger partial charge in [0.1, 0.15) is 35.4 Å². The van der Waals surface area contributed by atoms with E-state index in [2.05, 4.69) is 4.98 Å². The first-order valence-corrected chi connectivity index (χ1v) is 15.4. The Kier molecular flexibility index (Phi) is 12.0. The van der Waals surface area contributed by atoms with Crippen LogP contribution in [0.15, 0.2) is 47.8 Å². The fourth-order valence-electron chi connectivity index (χ4n) is 4.18. The molecule has 232 valence electrons. The molecule has 2 N–H and O–H groups in total. The summed E-state index contributed by atoms with van der Waals surface area (Å²) in [5.41, 5.74) is 1.91. The fourth-order valence-corrected chi connectivity index (χ4v) is 6.02. The van der Waals surface area contributed by atoms with Crippen molar-refractivity contribution in [3.05, 3.63) is 75.2 Å². The molecule has 15 heteroatoms. The molecular weight excluding hydrogens is 603 g/mol. The van der Waals surface area contributed by atoms with E-state index >= 15 is 0 Å². The van der Waals surface area contributed by atoms with Crippen LogP contribution in [0.3, 0.4) is 0 Å². The molecule has 0 spiro atoms. The molecule has 0 atom stereocenters. The lowest BCUT2D eigenvalue weighted by Gasteiger charge is -2.23. The Hall–Kier alpha value is -4.08. The molecule has 0 aliphatic heterocycles. The van der Waals surface area contributed by atoms with Gasteiger partial charge in [-0.1, -0.05) is 30.3 Å². The van der Waals surface area contributed by atoms with Crippen molar-refractivity contribution >= 4 is 39.3 Å². The molecule has 0 aliphatic carbocycles. The maximum atomic E-state index is 13.7. The lowest BCUT2D eigenvalue weighted by molar-refractivity contribution is -0.137. The maximum absolute atomic E-state index is 13.7. The van der Waals surface area contributed by atoms with Crippen molar-refractivity contribution in [3.8, 4) is 11.5 Å². The van der Waals surface area contributed by atoms with Crippen LogP contribution < -0.4 is 14.2 Å². The molecule has 0 saturated heterocycles. The summed E-state index contributed by atoms with van der Waals surface area (Å²) < 4.78 is 50.7. The molecule has 0 saturated carbocycles. The Morgan fingerprint density at radius 2 is 1.72 bits per heavy atom. The van der Waals surface area contributed by atoms with E-state index in [1.54, 1.807) is 21.8 Å². The topological polar surface area (TPSA) is 155 Å². The van der Waals surface area contributed by atoms with E-state index in [0.29, 0.717) is 45.8 Å². The van der Waals surface area contributed by atoms with Crippen molar-refractivity contribution in [2.45, 2.75) is 26.3 Å². The number of hydrogen-bond acceptors (Lipinski definition) is 9. The average Bonchev–Trinajstić information content (AvgIpc) is 3.45. The van der Waals surface area contributed by atoms with Gasteiger partial charge in [-0.25, -0.2) is 14.1 Å². The average molecular weight is 637 g/mol. The van der Waals surface area contributed by atoms with E-state index in [4.69, 9.17) is 14.6 Å². The van der Waals surface area contributed by atoms with Crippen LogP contribution >= 0.6 is 11.3 Å². The second-order valence-electron chi connectivity index (χ2n) is 9.30. The van der Waals surface area contributed by atoms with E-state index in [1.165, 1.54) is 19.6 Å². The summed E-state index contributed by atoms with van der Waals surface area (Å²) in [4.78, 5) is 43.2. The van der Waals surface area contributed by atoms with Crippen LogP contribution in [0.2, 0.25) is 0 Å². The first-order chi connectivity index (χ1) is 20.5. The monoisotopic (exact) mass is 636 g/mol. The number of amides is 2. The van der Waals surface area contributed by atoms with Crippen LogP contribution in [0, 0.1) is 6.92 Å². The number of aromatic nitrogens is 1. The second-order valence-corrected chi connectivity index (χ2v) is 11.9. The molecule has 0 fully saturated rings. The lowest BCUT2D eigenvalue weighted by Crippen LogP contribution is -2.46. The zero-order chi connectivity index (χ0) is 31.6. The number of hydrogen-bond donors (Lipinski definition) is 2. The van der Waals surface area contributed by atoms with Gasteiger partial charge in [0.25, 0.3) is 11.8 Å². The number of aliphatic carboxylic acids is 1. The molecule has 43 heavy (non-hydrogen) atoms. The highest BCUT2D eigenvalue weighted by Crippen LogP contribution is 2.30. The number of alkyl halides is 1. The van der Waals surface area contributed by atoms with Gasteiger partial charge < -0.3 is 19.5 Å². The first-order valence-electron chi connectivity index (χ1n) is 13.1. The van der Waals surface area contributed by atoms with Gasteiger partial charge in [-0.3, -0.25) is 14.4 Å². The summed E-state index contributed by atoms with van der Waals surface area (Å²) in [7, 11) is -1.67. The Morgan fingerprint density at radius 3 is 2.30 bits per heavy atom. The van der Waals surface area contributed by atoms with Crippen molar-refractivity contribution in [2.75, 3.05) is 40.5 Å². The summed E-state index contributed by atoms with van der Waals surface area (Å²) >= 11 is 1.04. The van der Waals surface area contributed by atoms with Crippen molar-refractivity contribution < 1.29 is 41.8 Å². The molecule has 0 bridgehead atoms. The van der Waals surface area contributed by atoms with Gasteiger partial charge in [0.05, 0.1) is 20.8 Å². The number of ether oxygens (including phenoxy) is 2. The molecule has 0 aliphatic rings. The third kappa shape index (κ3) is 9.20. The minimum atomic E-state index is -4.66. The van der Waals surface area contributed by atoms with Crippen LogP contribution in [0.5, 0.6) is 11.5 Å². The molecule has 0 radical (unpaired) electrons. The van der Waals surface area contributed by atoms with Crippen LogP contribution in [0.4, 0.5) is 4.39 Å². The van der Waals surface area contributed by atoms with Crippen LogP contribution in [-0.4, -0.2) is 86.0 Å². The molecule has 3 aromatic rings. The quantitative estimate of drug-likeness (QED) is 0.241. The van der Waals surface area contributed by atoms with Gasteiger partial charge in [0.2, 0.25) is 0 Å². The summed E-state index contributed by atoms with van der Waals surface area (Å²) in [5.74, 6) is -2.00. The number of carbonyl (C=O) groups excluding carboxylic acids is 2. The van der Waals surface area contributed by atoms with Crippen LogP contribution in [0.25, 0.3) is 0 Å². The van der Waals surface area contributed by atoms with Gasteiger partial charge in [-0.2, -0.15) is 12.7 Å². The molecule has 0 unspecified atom stereocenters. The van der Waals surface area contributed by atoms with Gasteiger partial charge >= 0.3 is 16.2 Å². The van der Waals surface area contributed by atoms with E-state index < -0.39 is 41.8 Å². The lowest BCUT2D eigenvalue weighted by atomic mass is 10.1. The predicted octanol–water partition coefficient (Wildman–Crippen LogP) is 3.07. The van der Waals surface area contributed by atoms with E-state index in [-0.39, 0.29) is 18.1 Å². The van der Waals surface area contributed by atoms with Crippen molar-refractivity contribution in [1.29, 1.82) is 0 Å². The van der Waals surface area contributed by atoms with E-state index in [1.807, 2.05) is 37.3 Å². The minimum Gasteiger partial charge on any atom is -0.496 e. The van der Waals surface area contributed by atoms with Crippen LogP contribution in [0.1, 0.15) is 43.4 Å². The SMILES string of the molecule is COc1cc(C(=O)N(CCCc2ccccc2)Cc2nc(C(=O)NS(=O)(=O)N(CCF)CC(=O)O)cs2)cc(OC)c1C. The van der Waals surface area contributed by atoms with Gasteiger partial charge in [-0.15, -0.1) is 11.3 Å². The molecule has 2 amide bonds. The Bertz CT molecular complexity index is 1510. The third-order valence-electron chi connectivity index (χ3n) is 6.34. The molecule has 1 heterocycles. The summed E-state index contributed by atoms with van der Waals surface area (Å²) in [6.45, 7) is -0.741. The zero-order valence-corrected chi connectivity index (χ0v) is 25.5. The number of rotatable bonds is 16. The van der Waals surface area contributed by atoms with Gasteiger partial charge in [-0.05, 0) is 37.5 Å². The number of nitrogens with one attached hydrogen (secondary N) is 1. The van der Waals surface area contributed by atoms with Crippen molar-refractivity contribution in [1.82, 2.24) is 18.9 Å². The zero-order valence-electron chi connectivity index (χ0n) is 23.9. The maximum Gasteiger partial charge on any atom is 0.318 e. The number of thiazole rings is 1. The molecule has 3 rings (SSSR count). The number of benzene rings is 2. The smallest absolute Gasteiger partial charge is 0.318 e. The minimum absolute atomic E-state index is 0.0177. The number of methoxy groups -OCH3 is 2. The summed E-state index contributed by atoms with van der Waals surface area (Å²) in [5, 5.41) is 10.6. The molecule has 2 aromatic carbocycles. The Balaban J connectivity index is 1.82. The summed E-state index contributed by atoms with van der Waals surface area (Å²) in [6.07, 6.45) is 1.33. The number of carboxylic acids is 1. The number of aryl methyl sites for hydroxylation is 1. The molecular formula is C28H33FN4O8S2. The van der Waals surface area contributed by atoms with E-state index in [0.717, 1.165) is 22.5 Å². The molecule has 1 aromatic heterocycles. The van der Waals surface area contributed by atoms with Crippen molar-refractivity contribution in [3.63, 3.8) is 0 Å².